The molecule has 0 radical (unpaired) electrons. The molecule has 0 aromatic heterocycles. The van der Waals surface area contributed by atoms with E-state index in [1.165, 1.54) is 24.8 Å². The lowest BCUT2D eigenvalue weighted by atomic mass is 9.79. The monoisotopic (exact) mass is 320 g/mol. The first kappa shape index (κ1) is 17.6. The lowest BCUT2D eigenvalue weighted by molar-refractivity contribution is 0.142. The second-order valence-electron chi connectivity index (χ2n) is 6.43. The van der Waals surface area contributed by atoms with Crippen molar-refractivity contribution in [3.63, 3.8) is 0 Å². The van der Waals surface area contributed by atoms with Crippen LogP contribution >= 0.6 is 0 Å². The number of benzene rings is 1. The second kappa shape index (κ2) is 8.23. The Morgan fingerprint density at radius 2 is 1.96 bits per heavy atom. The summed E-state index contributed by atoms with van der Waals surface area (Å²) in [4.78, 5) is 11.0. The van der Waals surface area contributed by atoms with Crippen LogP contribution in [0.3, 0.4) is 0 Å². The lowest BCUT2D eigenvalue weighted by Crippen LogP contribution is -2.12. The minimum Gasteiger partial charge on any atom is -0.504 e. The molecule has 0 unspecified atom stereocenters. The molecule has 128 valence electrons. The average molecular weight is 320 g/mol. The number of rotatable bonds is 6. The van der Waals surface area contributed by atoms with E-state index < -0.39 is 6.16 Å². The second-order valence-corrected chi connectivity index (χ2v) is 6.43. The van der Waals surface area contributed by atoms with Crippen molar-refractivity contribution in [2.45, 2.75) is 77.6 Å². The molecule has 0 heterocycles. The number of ether oxygens (including phenoxy) is 1. The minimum atomic E-state index is -1.37. The van der Waals surface area contributed by atoms with Crippen molar-refractivity contribution >= 4 is 6.16 Å². The van der Waals surface area contributed by atoms with Gasteiger partial charge in [0.25, 0.3) is 0 Å². The van der Waals surface area contributed by atoms with Gasteiger partial charge < -0.3 is 14.9 Å². The van der Waals surface area contributed by atoms with Crippen LogP contribution in [0.4, 0.5) is 4.79 Å². The van der Waals surface area contributed by atoms with Crippen LogP contribution in [0.25, 0.3) is 0 Å². The molecule has 2 N–H and O–H groups in total. The van der Waals surface area contributed by atoms with Crippen molar-refractivity contribution in [3.05, 3.63) is 22.8 Å². The van der Waals surface area contributed by atoms with Gasteiger partial charge in [-0.15, -0.1) is 0 Å². The molecule has 2 rings (SSSR count). The van der Waals surface area contributed by atoms with Crippen molar-refractivity contribution in [3.8, 4) is 11.5 Å². The standard InChI is InChI=1S/C19H28O4/c1-3-5-9-14-12-16(23-19(21)22)18(20)17(15(14)4-2)13-10-7-6-8-11-13/h12-13,20H,3-11H2,1-2H3,(H,21,22). The Bertz CT molecular complexity index is 545. The van der Waals surface area contributed by atoms with Gasteiger partial charge in [-0.1, -0.05) is 39.5 Å². The number of hydrogen-bond donors (Lipinski definition) is 2. The van der Waals surface area contributed by atoms with Gasteiger partial charge in [-0.2, -0.15) is 0 Å². The maximum atomic E-state index is 11.0. The molecular weight excluding hydrogens is 292 g/mol. The summed E-state index contributed by atoms with van der Waals surface area (Å²) in [6.07, 6.45) is 8.21. The summed E-state index contributed by atoms with van der Waals surface area (Å²) in [7, 11) is 0. The summed E-state index contributed by atoms with van der Waals surface area (Å²) >= 11 is 0. The van der Waals surface area contributed by atoms with Crippen molar-refractivity contribution in [2.24, 2.45) is 0 Å². The van der Waals surface area contributed by atoms with Crippen LogP contribution in [0.5, 0.6) is 11.5 Å². The van der Waals surface area contributed by atoms with Gasteiger partial charge in [0.1, 0.15) is 0 Å². The van der Waals surface area contributed by atoms with Crippen LogP contribution in [-0.2, 0) is 12.8 Å². The van der Waals surface area contributed by atoms with Crippen molar-refractivity contribution in [2.75, 3.05) is 0 Å². The molecule has 1 aromatic rings. The number of phenols is 1. The highest BCUT2D eigenvalue weighted by atomic mass is 16.7. The number of aryl methyl sites for hydroxylation is 1. The zero-order valence-electron chi connectivity index (χ0n) is 14.2. The quantitative estimate of drug-likeness (QED) is 0.544. The van der Waals surface area contributed by atoms with E-state index in [2.05, 4.69) is 13.8 Å². The van der Waals surface area contributed by atoms with Gasteiger partial charge in [0, 0.05) is 5.56 Å². The van der Waals surface area contributed by atoms with Crippen LogP contribution in [0.1, 0.15) is 81.4 Å². The number of carbonyl (C=O) groups is 1. The Labute approximate surface area is 138 Å². The van der Waals surface area contributed by atoms with E-state index in [0.29, 0.717) is 5.92 Å². The summed E-state index contributed by atoms with van der Waals surface area (Å²) in [5, 5.41) is 19.6. The third-order valence-electron chi connectivity index (χ3n) is 4.87. The van der Waals surface area contributed by atoms with Gasteiger partial charge in [-0.05, 0) is 55.2 Å². The molecule has 1 aromatic carbocycles. The molecule has 0 aliphatic heterocycles. The van der Waals surface area contributed by atoms with E-state index in [0.717, 1.165) is 49.7 Å². The van der Waals surface area contributed by atoms with Gasteiger partial charge in [-0.25, -0.2) is 4.79 Å². The van der Waals surface area contributed by atoms with Gasteiger partial charge in [-0.3, -0.25) is 0 Å². The Balaban J connectivity index is 2.51. The molecule has 0 amide bonds. The Kier molecular flexibility index (Phi) is 6.31. The van der Waals surface area contributed by atoms with E-state index in [1.54, 1.807) is 6.07 Å². The van der Waals surface area contributed by atoms with Crippen molar-refractivity contribution in [1.82, 2.24) is 0 Å². The fourth-order valence-corrected chi connectivity index (χ4v) is 3.77. The highest BCUT2D eigenvalue weighted by Crippen LogP contribution is 2.45. The molecule has 1 saturated carbocycles. The first-order valence-corrected chi connectivity index (χ1v) is 8.86. The van der Waals surface area contributed by atoms with Crippen LogP contribution in [0.15, 0.2) is 6.07 Å². The number of phenolic OH excluding ortho intramolecular Hbond substituents is 1. The third-order valence-corrected chi connectivity index (χ3v) is 4.87. The maximum absolute atomic E-state index is 11.0. The van der Waals surface area contributed by atoms with Crippen LogP contribution in [0.2, 0.25) is 0 Å². The highest BCUT2D eigenvalue weighted by molar-refractivity contribution is 5.65. The summed E-state index contributed by atoms with van der Waals surface area (Å²) in [5.74, 6) is 0.453. The zero-order chi connectivity index (χ0) is 16.8. The first-order valence-electron chi connectivity index (χ1n) is 8.86. The minimum absolute atomic E-state index is 0.0383. The summed E-state index contributed by atoms with van der Waals surface area (Å²) in [6.45, 7) is 4.25. The van der Waals surface area contributed by atoms with E-state index in [4.69, 9.17) is 9.84 Å². The predicted molar refractivity (Wildman–Crippen MR) is 90.6 cm³/mol. The SMILES string of the molecule is CCCCc1cc(OC(=O)O)c(O)c(C2CCCCC2)c1CC. The predicted octanol–water partition coefficient (Wildman–Crippen LogP) is 5.40. The number of hydrogen-bond acceptors (Lipinski definition) is 3. The van der Waals surface area contributed by atoms with Crippen LogP contribution in [0, 0.1) is 0 Å². The molecule has 0 bridgehead atoms. The third kappa shape index (κ3) is 4.18. The van der Waals surface area contributed by atoms with Gasteiger partial charge in [0.15, 0.2) is 11.5 Å². The Morgan fingerprint density at radius 1 is 1.26 bits per heavy atom. The smallest absolute Gasteiger partial charge is 0.504 e. The summed E-state index contributed by atoms with van der Waals surface area (Å²) < 4.78 is 4.86. The molecule has 0 saturated heterocycles. The first-order chi connectivity index (χ1) is 11.1. The van der Waals surface area contributed by atoms with Crippen molar-refractivity contribution < 1.29 is 19.7 Å². The molecule has 4 heteroatoms. The van der Waals surface area contributed by atoms with Gasteiger partial charge >= 0.3 is 6.16 Å². The summed E-state index contributed by atoms with van der Waals surface area (Å²) in [6, 6.07) is 1.73. The molecule has 1 aliphatic carbocycles. The Hall–Kier alpha value is -1.71. The molecule has 0 atom stereocenters. The topological polar surface area (TPSA) is 66.8 Å². The molecule has 23 heavy (non-hydrogen) atoms. The molecule has 1 aliphatic rings. The Morgan fingerprint density at radius 3 is 2.52 bits per heavy atom. The molecule has 4 nitrogen and oxygen atoms in total. The summed E-state index contributed by atoms with van der Waals surface area (Å²) in [5.41, 5.74) is 3.27. The molecular formula is C19H28O4. The maximum Gasteiger partial charge on any atom is 0.511 e. The van der Waals surface area contributed by atoms with Gasteiger partial charge in [0.05, 0.1) is 0 Å². The number of aromatic hydroxyl groups is 1. The van der Waals surface area contributed by atoms with Crippen LogP contribution in [-0.4, -0.2) is 16.4 Å². The van der Waals surface area contributed by atoms with E-state index in [-0.39, 0.29) is 11.5 Å². The fraction of sp³-hybridized carbons (Fsp3) is 0.632. The van der Waals surface area contributed by atoms with E-state index >= 15 is 0 Å². The molecule has 1 fully saturated rings. The average Bonchev–Trinajstić information content (AvgIpc) is 2.55. The van der Waals surface area contributed by atoms with Crippen molar-refractivity contribution in [1.29, 1.82) is 0 Å². The van der Waals surface area contributed by atoms with E-state index in [1.807, 2.05) is 0 Å². The largest absolute Gasteiger partial charge is 0.511 e. The van der Waals surface area contributed by atoms with Crippen LogP contribution < -0.4 is 4.74 Å². The normalized spacial score (nSPS) is 15.6. The van der Waals surface area contributed by atoms with Gasteiger partial charge in [0.2, 0.25) is 0 Å². The lowest BCUT2D eigenvalue weighted by Gasteiger charge is -2.27. The molecule has 0 spiro atoms. The fourth-order valence-electron chi connectivity index (χ4n) is 3.77. The highest BCUT2D eigenvalue weighted by Gasteiger charge is 2.26. The number of unbranched alkanes of at least 4 members (excludes halogenated alkanes) is 1. The van der Waals surface area contributed by atoms with E-state index in [9.17, 15) is 9.90 Å². The number of carboxylic acid groups (broad SMARTS) is 1. The zero-order valence-corrected chi connectivity index (χ0v) is 14.2.